The van der Waals surface area contributed by atoms with Gasteiger partial charge in [0.25, 0.3) is 0 Å². The van der Waals surface area contributed by atoms with Crippen LogP contribution >= 0.6 is 0 Å². The SMILES string of the molecule is CCOc1ccc(S(=O)(=O)NC[C@@H]2CCCO2)c2cccnc12. The van der Waals surface area contributed by atoms with Gasteiger partial charge in [-0.2, -0.15) is 0 Å². The van der Waals surface area contributed by atoms with Crippen molar-refractivity contribution in [2.45, 2.75) is 30.8 Å². The minimum atomic E-state index is -3.63. The van der Waals surface area contributed by atoms with Gasteiger partial charge in [0, 0.05) is 24.7 Å². The topological polar surface area (TPSA) is 77.5 Å². The van der Waals surface area contributed by atoms with Gasteiger partial charge in [-0.05, 0) is 44.0 Å². The highest BCUT2D eigenvalue weighted by Gasteiger charge is 2.22. The molecular weight excluding hydrogens is 316 g/mol. The van der Waals surface area contributed by atoms with Crippen LogP contribution in [-0.2, 0) is 14.8 Å². The van der Waals surface area contributed by atoms with Crippen molar-refractivity contribution in [2.75, 3.05) is 19.8 Å². The van der Waals surface area contributed by atoms with Crippen molar-refractivity contribution in [3.63, 3.8) is 0 Å². The number of rotatable bonds is 6. The van der Waals surface area contributed by atoms with Crippen molar-refractivity contribution in [1.29, 1.82) is 0 Å². The van der Waals surface area contributed by atoms with Crippen LogP contribution in [0.5, 0.6) is 5.75 Å². The number of benzene rings is 1. The highest BCUT2D eigenvalue weighted by atomic mass is 32.2. The lowest BCUT2D eigenvalue weighted by Crippen LogP contribution is -2.32. The quantitative estimate of drug-likeness (QED) is 0.874. The molecule has 0 saturated carbocycles. The van der Waals surface area contributed by atoms with Gasteiger partial charge in [0.15, 0.2) is 0 Å². The van der Waals surface area contributed by atoms with Gasteiger partial charge < -0.3 is 9.47 Å². The van der Waals surface area contributed by atoms with Crippen molar-refractivity contribution in [1.82, 2.24) is 9.71 Å². The molecular formula is C16H20N2O4S. The lowest BCUT2D eigenvalue weighted by atomic mass is 10.2. The Morgan fingerprint density at radius 3 is 3.00 bits per heavy atom. The molecule has 0 radical (unpaired) electrons. The molecule has 3 rings (SSSR count). The monoisotopic (exact) mass is 336 g/mol. The molecule has 1 atom stereocenters. The van der Waals surface area contributed by atoms with E-state index in [9.17, 15) is 8.42 Å². The molecule has 124 valence electrons. The second-order valence-corrected chi connectivity index (χ2v) is 7.12. The number of aromatic nitrogens is 1. The predicted octanol–water partition coefficient (Wildman–Crippen LogP) is 2.09. The third-order valence-electron chi connectivity index (χ3n) is 3.81. The summed E-state index contributed by atoms with van der Waals surface area (Å²) in [4.78, 5) is 4.48. The summed E-state index contributed by atoms with van der Waals surface area (Å²) in [5.41, 5.74) is 0.550. The van der Waals surface area contributed by atoms with Crippen molar-refractivity contribution in [3.8, 4) is 5.75 Å². The van der Waals surface area contributed by atoms with Crippen LogP contribution in [0.2, 0.25) is 0 Å². The van der Waals surface area contributed by atoms with Crippen LogP contribution in [0.1, 0.15) is 19.8 Å². The van der Waals surface area contributed by atoms with Gasteiger partial charge in [-0.25, -0.2) is 13.1 Å². The molecule has 1 aromatic carbocycles. The number of pyridine rings is 1. The Bertz CT molecular complexity index is 786. The van der Waals surface area contributed by atoms with Crippen LogP contribution in [0.4, 0.5) is 0 Å². The summed E-state index contributed by atoms with van der Waals surface area (Å²) in [5, 5.41) is 0.554. The van der Waals surface area contributed by atoms with E-state index in [2.05, 4.69) is 9.71 Å². The molecule has 0 aliphatic carbocycles. The van der Waals surface area contributed by atoms with E-state index < -0.39 is 10.0 Å². The van der Waals surface area contributed by atoms with E-state index in [1.165, 1.54) is 0 Å². The van der Waals surface area contributed by atoms with Gasteiger partial charge in [0.05, 0.1) is 17.6 Å². The highest BCUT2D eigenvalue weighted by Crippen LogP contribution is 2.29. The first kappa shape index (κ1) is 16.2. The number of nitrogens with one attached hydrogen (secondary N) is 1. The summed E-state index contributed by atoms with van der Waals surface area (Å²) in [5.74, 6) is 0.584. The van der Waals surface area contributed by atoms with Crippen molar-refractivity contribution in [2.24, 2.45) is 0 Å². The molecule has 1 N–H and O–H groups in total. The smallest absolute Gasteiger partial charge is 0.241 e. The molecule has 1 fully saturated rings. The highest BCUT2D eigenvalue weighted by molar-refractivity contribution is 7.89. The minimum absolute atomic E-state index is 0.0446. The van der Waals surface area contributed by atoms with Gasteiger partial charge in [0.1, 0.15) is 11.3 Å². The van der Waals surface area contributed by atoms with E-state index in [1.807, 2.05) is 6.92 Å². The fourth-order valence-electron chi connectivity index (χ4n) is 2.71. The van der Waals surface area contributed by atoms with E-state index in [0.29, 0.717) is 29.9 Å². The summed E-state index contributed by atoms with van der Waals surface area (Å²) in [6.45, 7) is 3.36. The second-order valence-electron chi connectivity index (χ2n) is 5.38. The molecule has 1 saturated heterocycles. The maximum atomic E-state index is 12.6. The molecule has 0 unspecified atom stereocenters. The summed E-state index contributed by atoms with van der Waals surface area (Å²) < 4.78 is 38.9. The molecule has 0 bridgehead atoms. The van der Waals surface area contributed by atoms with E-state index in [0.717, 1.165) is 12.8 Å². The fraction of sp³-hybridized carbons (Fsp3) is 0.438. The lowest BCUT2D eigenvalue weighted by molar-refractivity contribution is 0.114. The molecule has 6 nitrogen and oxygen atoms in total. The van der Waals surface area contributed by atoms with Crippen molar-refractivity contribution >= 4 is 20.9 Å². The van der Waals surface area contributed by atoms with E-state index >= 15 is 0 Å². The molecule has 1 aliphatic heterocycles. The first-order valence-corrected chi connectivity index (χ1v) is 9.22. The average Bonchev–Trinajstić information content (AvgIpc) is 3.07. The van der Waals surface area contributed by atoms with Gasteiger partial charge >= 0.3 is 0 Å². The Hall–Kier alpha value is -1.70. The second kappa shape index (κ2) is 6.82. The van der Waals surface area contributed by atoms with E-state index in [-0.39, 0.29) is 17.5 Å². The zero-order valence-electron chi connectivity index (χ0n) is 13.0. The molecule has 1 aromatic heterocycles. The van der Waals surface area contributed by atoms with Crippen LogP contribution in [0.15, 0.2) is 35.4 Å². The van der Waals surface area contributed by atoms with Gasteiger partial charge in [-0.1, -0.05) is 0 Å². The maximum absolute atomic E-state index is 12.6. The first-order chi connectivity index (χ1) is 11.1. The first-order valence-electron chi connectivity index (χ1n) is 7.73. The third-order valence-corrected chi connectivity index (χ3v) is 5.29. The fourth-order valence-corrected chi connectivity index (χ4v) is 3.97. The molecule has 23 heavy (non-hydrogen) atoms. The lowest BCUT2D eigenvalue weighted by Gasteiger charge is -2.14. The Kier molecular flexibility index (Phi) is 4.79. The molecule has 0 amide bonds. The number of sulfonamides is 1. The Morgan fingerprint density at radius 2 is 2.26 bits per heavy atom. The van der Waals surface area contributed by atoms with Gasteiger partial charge in [0.2, 0.25) is 10.0 Å². The standard InChI is InChI=1S/C16H20N2O4S/c1-2-21-14-7-8-15(13-6-3-9-17-16(13)14)23(19,20)18-11-12-5-4-10-22-12/h3,6-9,12,18H,2,4-5,10-11H2,1H3/t12-/m0/s1. The van der Waals surface area contributed by atoms with Gasteiger partial charge in [-0.15, -0.1) is 0 Å². The molecule has 0 spiro atoms. The largest absolute Gasteiger partial charge is 0.492 e. The van der Waals surface area contributed by atoms with Crippen LogP contribution in [0.3, 0.4) is 0 Å². The summed E-state index contributed by atoms with van der Waals surface area (Å²) in [7, 11) is -3.63. The van der Waals surface area contributed by atoms with Crippen molar-refractivity contribution in [3.05, 3.63) is 30.5 Å². The molecule has 2 aromatic rings. The van der Waals surface area contributed by atoms with Crippen LogP contribution in [-0.4, -0.2) is 39.3 Å². The summed E-state index contributed by atoms with van der Waals surface area (Å²) >= 11 is 0. The zero-order valence-corrected chi connectivity index (χ0v) is 13.8. The van der Waals surface area contributed by atoms with E-state index in [1.54, 1.807) is 30.5 Å². The predicted molar refractivity (Wildman–Crippen MR) is 87.1 cm³/mol. The number of hydrogen-bond acceptors (Lipinski definition) is 5. The number of hydrogen-bond donors (Lipinski definition) is 1. The van der Waals surface area contributed by atoms with Crippen LogP contribution in [0.25, 0.3) is 10.9 Å². The van der Waals surface area contributed by atoms with Gasteiger partial charge in [-0.3, -0.25) is 4.98 Å². The average molecular weight is 336 g/mol. The zero-order chi connectivity index (χ0) is 16.3. The Balaban J connectivity index is 1.93. The Morgan fingerprint density at radius 1 is 1.39 bits per heavy atom. The molecule has 2 heterocycles. The summed E-state index contributed by atoms with van der Waals surface area (Å²) in [6.07, 6.45) is 3.44. The van der Waals surface area contributed by atoms with Crippen LogP contribution < -0.4 is 9.46 Å². The normalized spacial score (nSPS) is 18.4. The summed E-state index contributed by atoms with van der Waals surface area (Å²) in [6, 6.07) is 6.68. The Labute approximate surface area is 135 Å². The molecule has 1 aliphatic rings. The van der Waals surface area contributed by atoms with E-state index in [4.69, 9.17) is 9.47 Å². The van der Waals surface area contributed by atoms with Crippen LogP contribution in [0, 0.1) is 0 Å². The molecule has 7 heteroatoms. The number of fused-ring (bicyclic) bond motifs is 1. The minimum Gasteiger partial charge on any atom is -0.492 e. The van der Waals surface area contributed by atoms with Crippen molar-refractivity contribution < 1.29 is 17.9 Å². The number of nitrogens with zero attached hydrogens (tertiary/aromatic N) is 1. The third kappa shape index (κ3) is 3.46. The number of ether oxygens (including phenoxy) is 2. The maximum Gasteiger partial charge on any atom is 0.241 e.